The smallest absolute Gasteiger partial charge is 0.270 e. The van der Waals surface area contributed by atoms with Crippen LogP contribution < -0.4 is 0 Å². The monoisotopic (exact) mass is 526 g/mol. The Kier molecular flexibility index (Phi) is 8.08. The first-order valence-electron chi connectivity index (χ1n) is 15.5. The van der Waals surface area contributed by atoms with E-state index in [2.05, 4.69) is 76.0 Å². The maximum Gasteiger partial charge on any atom is 0.270 e. The number of aromatic amines is 1. The molecule has 0 spiro atoms. The van der Waals surface area contributed by atoms with Crippen molar-refractivity contribution in [3.63, 3.8) is 0 Å². The van der Waals surface area contributed by atoms with E-state index < -0.39 is 0 Å². The number of hydrogen-bond donors (Lipinski definition) is 1. The van der Waals surface area contributed by atoms with Crippen molar-refractivity contribution in [1.29, 1.82) is 0 Å². The summed E-state index contributed by atoms with van der Waals surface area (Å²) in [6.07, 6.45) is 10.5. The number of piperidine rings is 1. The van der Waals surface area contributed by atoms with Gasteiger partial charge < -0.3 is 9.88 Å². The van der Waals surface area contributed by atoms with Gasteiger partial charge in [0.2, 0.25) is 0 Å². The van der Waals surface area contributed by atoms with Gasteiger partial charge in [-0.1, -0.05) is 62.1 Å². The third-order valence-corrected chi connectivity index (χ3v) is 9.89. The molecular formula is C34H46N4O. The summed E-state index contributed by atoms with van der Waals surface area (Å²) < 4.78 is 0. The molecule has 6 rings (SSSR count). The summed E-state index contributed by atoms with van der Waals surface area (Å²) in [6.45, 7) is 11.2. The second-order valence-corrected chi connectivity index (χ2v) is 12.4. The lowest BCUT2D eigenvalue weighted by atomic mass is 9.84. The molecule has 1 aliphatic carbocycles. The number of para-hydroxylation sites is 1. The average Bonchev–Trinajstić information content (AvgIpc) is 3.11. The molecule has 2 aliphatic heterocycles. The largest absolute Gasteiger partial charge is 0.350 e. The van der Waals surface area contributed by atoms with Crippen LogP contribution in [0, 0.1) is 13.8 Å². The highest BCUT2D eigenvalue weighted by molar-refractivity contribution is 6.01. The third-order valence-electron chi connectivity index (χ3n) is 9.89. The van der Waals surface area contributed by atoms with Crippen LogP contribution in [0.3, 0.4) is 0 Å². The lowest BCUT2D eigenvalue weighted by molar-refractivity contribution is 0.0545. The van der Waals surface area contributed by atoms with Gasteiger partial charge in [-0.05, 0) is 81.3 Å². The molecule has 39 heavy (non-hydrogen) atoms. The van der Waals surface area contributed by atoms with Gasteiger partial charge in [-0.3, -0.25) is 14.6 Å². The first kappa shape index (κ1) is 26.6. The van der Waals surface area contributed by atoms with E-state index in [-0.39, 0.29) is 5.91 Å². The molecule has 1 aromatic heterocycles. The maximum absolute atomic E-state index is 13.9. The summed E-state index contributed by atoms with van der Waals surface area (Å²) in [5.41, 5.74) is 7.50. The lowest BCUT2D eigenvalue weighted by Gasteiger charge is -2.39. The van der Waals surface area contributed by atoms with E-state index in [1.807, 2.05) is 0 Å². The summed E-state index contributed by atoms with van der Waals surface area (Å²) in [5.74, 6) is 0.823. The van der Waals surface area contributed by atoms with Crippen molar-refractivity contribution >= 4 is 16.8 Å². The molecule has 1 amide bonds. The topological polar surface area (TPSA) is 42.6 Å². The van der Waals surface area contributed by atoms with Crippen molar-refractivity contribution < 1.29 is 4.79 Å². The van der Waals surface area contributed by atoms with E-state index >= 15 is 0 Å². The molecule has 1 saturated carbocycles. The molecule has 0 unspecified atom stereocenters. The van der Waals surface area contributed by atoms with Crippen LogP contribution in [0.2, 0.25) is 0 Å². The molecule has 3 heterocycles. The zero-order chi connectivity index (χ0) is 26.8. The van der Waals surface area contributed by atoms with Gasteiger partial charge in [-0.15, -0.1) is 0 Å². The summed E-state index contributed by atoms with van der Waals surface area (Å²) in [4.78, 5) is 24.8. The van der Waals surface area contributed by atoms with Crippen molar-refractivity contribution in [3.05, 3.63) is 70.4 Å². The zero-order valence-electron chi connectivity index (χ0n) is 24.1. The van der Waals surface area contributed by atoms with Crippen LogP contribution >= 0.6 is 0 Å². The minimum absolute atomic E-state index is 0.187. The second-order valence-electron chi connectivity index (χ2n) is 12.4. The van der Waals surface area contributed by atoms with Crippen molar-refractivity contribution in [2.45, 2.75) is 83.7 Å². The standard InChI is InChI=1S/C34H46N4O/c1-25-10-9-11-26(2)32(25)27-16-18-36(19-17-27)24-30-29-14-7-8-15-31(29)35-33(30)34(39)38-22-20-37(21-23-38)28-12-5-3-4-6-13-28/h7-11,14-15,27-28,35H,3-6,12-13,16-24H2,1-2H3. The lowest BCUT2D eigenvalue weighted by Crippen LogP contribution is -2.52. The molecule has 2 saturated heterocycles. The van der Waals surface area contributed by atoms with Crippen LogP contribution in [0.4, 0.5) is 0 Å². The van der Waals surface area contributed by atoms with Crippen LogP contribution in [0.1, 0.15) is 90.0 Å². The number of piperazine rings is 1. The number of amides is 1. The number of nitrogens with one attached hydrogen (secondary N) is 1. The van der Waals surface area contributed by atoms with Gasteiger partial charge in [0.15, 0.2) is 0 Å². The molecule has 2 aromatic carbocycles. The molecular weight excluding hydrogens is 480 g/mol. The Morgan fingerprint density at radius 3 is 2.15 bits per heavy atom. The number of aromatic nitrogens is 1. The van der Waals surface area contributed by atoms with Gasteiger partial charge in [0, 0.05) is 55.2 Å². The maximum atomic E-state index is 13.9. The highest BCUT2D eigenvalue weighted by Crippen LogP contribution is 2.34. The van der Waals surface area contributed by atoms with Crippen LogP contribution in [0.25, 0.3) is 10.9 Å². The molecule has 3 aromatic rings. The third kappa shape index (κ3) is 5.67. The fourth-order valence-corrected chi connectivity index (χ4v) is 7.69. The Balaban J connectivity index is 1.14. The normalized spacial score (nSPS) is 20.9. The van der Waals surface area contributed by atoms with Gasteiger partial charge in [0.25, 0.3) is 5.91 Å². The van der Waals surface area contributed by atoms with E-state index in [0.29, 0.717) is 5.92 Å². The molecule has 0 bridgehead atoms. The molecule has 3 fully saturated rings. The molecule has 0 atom stereocenters. The summed E-state index contributed by atoms with van der Waals surface area (Å²) >= 11 is 0. The van der Waals surface area contributed by atoms with Crippen molar-refractivity contribution in [1.82, 2.24) is 19.7 Å². The molecule has 3 aliphatic rings. The Morgan fingerprint density at radius 1 is 0.795 bits per heavy atom. The number of likely N-dealkylation sites (tertiary alicyclic amines) is 1. The SMILES string of the molecule is Cc1cccc(C)c1C1CCN(Cc2c(C(=O)N3CCN(C4CCCCCC4)CC3)[nH]c3ccccc23)CC1. The average molecular weight is 527 g/mol. The zero-order valence-corrected chi connectivity index (χ0v) is 24.1. The van der Waals surface area contributed by atoms with E-state index in [1.165, 1.54) is 73.4 Å². The van der Waals surface area contributed by atoms with Crippen molar-refractivity contribution in [2.75, 3.05) is 39.3 Å². The van der Waals surface area contributed by atoms with Gasteiger partial charge in [-0.25, -0.2) is 0 Å². The highest BCUT2D eigenvalue weighted by atomic mass is 16.2. The molecule has 5 nitrogen and oxygen atoms in total. The van der Waals surface area contributed by atoms with E-state index in [0.717, 1.165) is 63.1 Å². The number of nitrogens with zero attached hydrogens (tertiary/aromatic N) is 3. The number of benzene rings is 2. The summed E-state index contributed by atoms with van der Waals surface area (Å²) in [7, 11) is 0. The fraction of sp³-hybridized carbons (Fsp3) is 0.559. The Hall–Kier alpha value is -2.63. The van der Waals surface area contributed by atoms with Crippen molar-refractivity contribution in [2.24, 2.45) is 0 Å². The van der Waals surface area contributed by atoms with Gasteiger partial charge >= 0.3 is 0 Å². The van der Waals surface area contributed by atoms with Gasteiger partial charge in [0.1, 0.15) is 5.69 Å². The first-order chi connectivity index (χ1) is 19.1. The van der Waals surface area contributed by atoms with Crippen molar-refractivity contribution in [3.8, 4) is 0 Å². The Morgan fingerprint density at radius 2 is 1.46 bits per heavy atom. The Labute approximate surface area is 234 Å². The van der Waals surface area contributed by atoms with Gasteiger partial charge in [-0.2, -0.15) is 0 Å². The predicted octanol–water partition coefficient (Wildman–Crippen LogP) is 6.64. The van der Waals surface area contributed by atoms with E-state index in [4.69, 9.17) is 0 Å². The van der Waals surface area contributed by atoms with Crippen LogP contribution in [-0.2, 0) is 6.54 Å². The van der Waals surface area contributed by atoms with Crippen LogP contribution in [0.5, 0.6) is 0 Å². The van der Waals surface area contributed by atoms with E-state index in [9.17, 15) is 4.79 Å². The minimum Gasteiger partial charge on any atom is -0.350 e. The second kappa shape index (κ2) is 11.9. The van der Waals surface area contributed by atoms with Crippen LogP contribution in [-0.4, -0.2) is 70.9 Å². The number of H-pyrrole nitrogens is 1. The number of fused-ring (bicyclic) bond motifs is 1. The number of hydrogen-bond acceptors (Lipinski definition) is 3. The predicted molar refractivity (Wildman–Crippen MR) is 160 cm³/mol. The number of carbonyl (C=O) groups is 1. The van der Waals surface area contributed by atoms with Crippen LogP contribution in [0.15, 0.2) is 42.5 Å². The van der Waals surface area contributed by atoms with Gasteiger partial charge in [0.05, 0.1) is 0 Å². The van der Waals surface area contributed by atoms with E-state index in [1.54, 1.807) is 5.56 Å². The molecule has 208 valence electrons. The summed E-state index contributed by atoms with van der Waals surface area (Å²) in [5, 5.41) is 1.20. The highest BCUT2D eigenvalue weighted by Gasteiger charge is 2.30. The molecule has 0 radical (unpaired) electrons. The number of rotatable bonds is 5. The quantitative estimate of drug-likeness (QED) is 0.379. The Bertz CT molecular complexity index is 1250. The first-order valence-corrected chi connectivity index (χ1v) is 15.5. The number of carbonyl (C=O) groups excluding carboxylic acids is 1. The molecule has 1 N–H and O–H groups in total. The number of aryl methyl sites for hydroxylation is 2. The minimum atomic E-state index is 0.187. The molecule has 5 heteroatoms. The fourth-order valence-electron chi connectivity index (χ4n) is 7.69. The summed E-state index contributed by atoms with van der Waals surface area (Å²) in [6, 6.07) is 15.9.